The first-order chi connectivity index (χ1) is 8.69. The lowest BCUT2D eigenvalue weighted by Gasteiger charge is -2.16. The van der Waals surface area contributed by atoms with Gasteiger partial charge < -0.3 is 9.84 Å². The third-order valence-corrected chi connectivity index (χ3v) is 2.75. The number of aryl methyl sites for hydroxylation is 1. The zero-order valence-corrected chi connectivity index (χ0v) is 10.5. The summed E-state index contributed by atoms with van der Waals surface area (Å²) >= 11 is 0. The zero-order chi connectivity index (χ0) is 13.0. The number of rotatable bonds is 5. The van der Waals surface area contributed by atoms with Crippen molar-refractivity contribution in [3.05, 3.63) is 47.4 Å². The van der Waals surface area contributed by atoms with Crippen LogP contribution in [0, 0.1) is 12.7 Å². The van der Waals surface area contributed by atoms with E-state index in [0.29, 0.717) is 18.3 Å². The Labute approximate surface area is 105 Å². The first kappa shape index (κ1) is 12.7. The predicted octanol–water partition coefficient (Wildman–Crippen LogP) is 2.76. The number of nitrogens with zero attached hydrogens (tertiary/aromatic N) is 2. The van der Waals surface area contributed by atoms with Gasteiger partial charge in [-0.05, 0) is 31.0 Å². The van der Waals surface area contributed by atoms with E-state index in [1.165, 1.54) is 12.1 Å². The van der Waals surface area contributed by atoms with Gasteiger partial charge in [0.05, 0.1) is 6.54 Å². The average Bonchev–Trinajstić information content (AvgIpc) is 2.78. The Morgan fingerprint density at radius 1 is 1.33 bits per heavy atom. The van der Waals surface area contributed by atoms with Gasteiger partial charge in [-0.1, -0.05) is 24.2 Å². The molecule has 1 aromatic heterocycles. The van der Waals surface area contributed by atoms with Crippen LogP contribution in [0.1, 0.15) is 36.7 Å². The maximum Gasteiger partial charge on any atom is 0.240 e. The highest BCUT2D eigenvalue weighted by atomic mass is 19.1. The summed E-state index contributed by atoms with van der Waals surface area (Å²) in [7, 11) is 0. The number of benzene rings is 1. The molecule has 1 unspecified atom stereocenters. The lowest BCUT2D eigenvalue weighted by Crippen LogP contribution is -2.20. The molecule has 1 atom stereocenters. The molecule has 0 aliphatic carbocycles. The maximum absolute atomic E-state index is 12.9. The van der Waals surface area contributed by atoms with E-state index in [9.17, 15) is 4.39 Å². The molecule has 0 spiro atoms. The standard InChI is InChI=1S/C13H16FN3O/c1-3-12(10-4-6-11(14)7-5-10)15-8-13-16-9(2)17-18-13/h4-7,12,15H,3,8H2,1-2H3. The molecule has 0 saturated carbocycles. The van der Waals surface area contributed by atoms with E-state index in [-0.39, 0.29) is 11.9 Å². The smallest absolute Gasteiger partial charge is 0.240 e. The summed E-state index contributed by atoms with van der Waals surface area (Å²) in [5, 5.41) is 7.05. The Kier molecular flexibility index (Phi) is 4.04. The molecule has 96 valence electrons. The van der Waals surface area contributed by atoms with E-state index in [1.807, 2.05) is 0 Å². The molecule has 2 rings (SSSR count). The molecule has 4 nitrogen and oxygen atoms in total. The zero-order valence-electron chi connectivity index (χ0n) is 10.5. The van der Waals surface area contributed by atoms with E-state index in [0.717, 1.165) is 12.0 Å². The average molecular weight is 249 g/mol. The summed E-state index contributed by atoms with van der Waals surface area (Å²) in [4.78, 5) is 4.12. The van der Waals surface area contributed by atoms with Gasteiger partial charge in [0.1, 0.15) is 5.82 Å². The second-order valence-electron chi connectivity index (χ2n) is 4.13. The largest absolute Gasteiger partial charge is 0.338 e. The van der Waals surface area contributed by atoms with Crippen LogP contribution < -0.4 is 5.32 Å². The minimum Gasteiger partial charge on any atom is -0.338 e. The molecule has 0 radical (unpaired) electrons. The highest BCUT2D eigenvalue weighted by Crippen LogP contribution is 2.17. The van der Waals surface area contributed by atoms with E-state index < -0.39 is 0 Å². The Balaban J connectivity index is 1.99. The SMILES string of the molecule is CCC(NCc1nc(C)no1)c1ccc(F)cc1. The molecule has 0 bridgehead atoms. The second kappa shape index (κ2) is 5.73. The Morgan fingerprint density at radius 3 is 2.61 bits per heavy atom. The van der Waals surface area contributed by atoms with Crippen LogP contribution in [0.15, 0.2) is 28.8 Å². The molecule has 0 aliphatic heterocycles. The molecular weight excluding hydrogens is 233 g/mol. The normalized spacial score (nSPS) is 12.6. The Bertz CT molecular complexity index is 495. The van der Waals surface area contributed by atoms with Crippen LogP contribution in [0.4, 0.5) is 4.39 Å². The fraction of sp³-hybridized carbons (Fsp3) is 0.385. The molecular formula is C13H16FN3O. The van der Waals surface area contributed by atoms with Crippen LogP contribution in [0.3, 0.4) is 0 Å². The van der Waals surface area contributed by atoms with Gasteiger partial charge in [-0.15, -0.1) is 0 Å². The van der Waals surface area contributed by atoms with E-state index in [2.05, 4.69) is 22.4 Å². The summed E-state index contributed by atoms with van der Waals surface area (Å²) < 4.78 is 17.9. The first-order valence-electron chi connectivity index (χ1n) is 5.97. The van der Waals surface area contributed by atoms with Crippen molar-refractivity contribution >= 4 is 0 Å². The van der Waals surface area contributed by atoms with Gasteiger partial charge in [0.25, 0.3) is 0 Å². The minimum absolute atomic E-state index is 0.151. The van der Waals surface area contributed by atoms with Crippen molar-refractivity contribution in [2.75, 3.05) is 0 Å². The van der Waals surface area contributed by atoms with Crippen molar-refractivity contribution in [3.8, 4) is 0 Å². The lowest BCUT2D eigenvalue weighted by atomic mass is 10.0. The van der Waals surface area contributed by atoms with Crippen molar-refractivity contribution in [2.24, 2.45) is 0 Å². The van der Waals surface area contributed by atoms with Crippen molar-refractivity contribution < 1.29 is 8.91 Å². The number of halogens is 1. The number of hydrogen-bond acceptors (Lipinski definition) is 4. The number of hydrogen-bond donors (Lipinski definition) is 1. The molecule has 2 aromatic rings. The van der Waals surface area contributed by atoms with E-state index in [4.69, 9.17) is 4.52 Å². The molecule has 1 heterocycles. The summed E-state index contributed by atoms with van der Waals surface area (Å²) in [5.74, 6) is 0.968. The van der Waals surface area contributed by atoms with Crippen LogP contribution in [-0.2, 0) is 6.54 Å². The van der Waals surface area contributed by atoms with Gasteiger partial charge in [-0.2, -0.15) is 4.98 Å². The Morgan fingerprint density at radius 2 is 2.06 bits per heavy atom. The first-order valence-corrected chi connectivity index (χ1v) is 5.97. The third-order valence-electron chi connectivity index (χ3n) is 2.75. The molecule has 0 aliphatic rings. The van der Waals surface area contributed by atoms with Crippen molar-refractivity contribution in [1.82, 2.24) is 15.5 Å². The fourth-order valence-corrected chi connectivity index (χ4v) is 1.82. The molecule has 18 heavy (non-hydrogen) atoms. The maximum atomic E-state index is 12.9. The topological polar surface area (TPSA) is 51.0 Å². The van der Waals surface area contributed by atoms with Gasteiger partial charge in [0.15, 0.2) is 5.82 Å². The second-order valence-corrected chi connectivity index (χ2v) is 4.13. The molecule has 0 saturated heterocycles. The van der Waals surface area contributed by atoms with E-state index in [1.54, 1.807) is 19.1 Å². The van der Waals surface area contributed by atoms with Crippen LogP contribution in [0.2, 0.25) is 0 Å². The molecule has 1 N–H and O–H groups in total. The van der Waals surface area contributed by atoms with Gasteiger partial charge in [0, 0.05) is 6.04 Å². The molecule has 0 fully saturated rings. The minimum atomic E-state index is -0.221. The molecule has 1 aromatic carbocycles. The third kappa shape index (κ3) is 3.13. The number of aromatic nitrogens is 2. The van der Waals surface area contributed by atoms with Crippen LogP contribution in [0.5, 0.6) is 0 Å². The van der Waals surface area contributed by atoms with Crippen molar-refractivity contribution in [2.45, 2.75) is 32.9 Å². The van der Waals surface area contributed by atoms with Crippen molar-refractivity contribution in [1.29, 1.82) is 0 Å². The summed E-state index contributed by atoms with van der Waals surface area (Å²) in [5.41, 5.74) is 1.05. The van der Waals surface area contributed by atoms with Crippen molar-refractivity contribution in [3.63, 3.8) is 0 Å². The summed E-state index contributed by atoms with van der Waals surface area (Å²) in [6.07, 6.45) is 0.902. The summed E-state index contributed by atoms with van der Waals surface area (Å²) in [6.45, 7) is 4.36. The van der Waals surface area contributed by atoms with Gasteiger partial charge >= 0.3 is 0 Å². The predicted molar refractivity (Wildman–Crippen MR) is 65.3 cm³/mol. The number of nitrogens with one attached hydrogen (secondary N) is 1. The van der Waals surface area contributed by atoms with Crippen LogP contribution in [-0.4, -0.2) is 10.1 Å². The lowest BCUT2D eigenvalue weighted by molar-refractivity contribution is 0.353. The molecule has 0 amide bonds. The fourth-order valence-electron chi connectivity index (χ4n) is 1.82. The molecule has 5 heteroatoms. The van der Waals surface area contributed by atoms with Gasteiger partial charge in [0.2, 0.25) is 5.89 Å². The highest BCUT2D eigenvalue weighted by molar-refractivity contribution is 5.19. The van der Waals surface area contributed by atoms with E-state index >= 15 is 0 Å². The van der Waals surface area contributed by atoms with Crippen LogP contribution in [0.25, 0.3) is 0 Å². The Hall–Kier alpha value is -1.75. The van der Waals surface area contributed by atoms with Gasteiger partial charge in [-0.25, -0.2) is 4.39 Å². The highest BCUT2D eigenvalue weighted by Gasteiger charge is 2.10. The monoisotopic (exact) mass is 249 g/mol. The van der Waals surface area contributed by atoms with Crippen LogP contribution >= 0.6 is 0 Å². The summed E-state index contributed by atoms with van der Waals surface area (Å²) in [6, 6.07) is 6.66. The quantitative estimate of drug-likeness (QED) is 0.885. The van der Waals surface area contributed by atoms with Gasteiger partial charge in [-0.3, -0.25) is 0 Å².